The van der Waals surface area contributed by atoms with Crippen molar-refractivity contribution in [3.8, 4) is 16.8 Å². The summed E-state index contributed by atoms with van der Waals surface area (Å²) in [5.74, 6) is 0. The van der Waals surface area contributed by atoms with E-state index in [4.69, 9.17) is 12.6 Å². The summed E-state index contributed by atoms with van der Waals surface area (Å²) in [5, 5.41) is 2.62. The van der Waals surface area contributed by atoms with Crippen LogP contribution in [0.5, 0.6) is 0 Å². The first-order chi connectivity index (χ1) is 30.1. The van der Waals surface area contributed by atoms with Crippen molar-refractivity contribution in [1.82, 2.24) is 4.57 Å². The van der Waals surface area contributed by atoms with Crippen LogP contribution in [0.2, 0.25) is 0 Å². The van der Waals surface area contributed by atoms with Crippen LogP contribution in [-0.4, -0.2) is 4.57 Å². The number of thiol groups is 1. The van der Waals surface area contributed by atoms with Crippen LogP contribution in [0, 0.1) is 6.92 Å². The van der Waals surface area contributed by atoms with Crippen molar-refractivity contribution in [2.24, 2.45) is 0 Å². The van der Waals surface area contributed by atoms with Gasteiger partial charge in [0.25, 0.3) is 0 Å². The smallest absolute Gasteiger partial charge is 0.0598 e. The molecule has 334 valence electrons. The average molecular weight is 875 g/mol. The normalized spacial score (nSPS) is 20.0. The van der Waals surface area contributed by atoms with Crippen molar-refractivity contribution >= 4 is 51.5 Å². The second-order valence-corrected chi connectivity index (χ2v) is 26.0. The zero-order chi connectivity index (χ0) is 46.5. The summed E-state index contributed by atoms with van der Waals surface area (Å²) in [4.78, 5) is 3.61. The van der Waals surface area contributed by atoms with E-state index in [0.29, 0.717) is 0 Å². The molecule has 0 amide bonds. The van der Waals surface area contributed by atoms with E-state index >= 15 is 0 Å². The summed E-state index contributed by atoms with van der Waals surface area (Å²) in [6.45, 7) is 38.8. The Labute approximate surface area is 395 Å². The van der Waals surface area contributed by atoms with Gasteiger partial charge in [0.05, 0.1) is 28.1 Å². The van der Waals surface area contributed by atoms with Crippen LogP contribution in [0.25, 0.3) is 38.6 Å². The molecule has 3 aliphatic carbocycles. The summed E-state index contributed by atoms with van der Waals surface area (Å²) >= 11 is 5.42. The predicted molar refractivity (Wildman–Crippen MR) is 282 cm³/mol. The van der Waals surface area contributed by atoms with Gasteiger partial charge in [-0.15, -0.1) is 12.6 Å². The van der Waals surface area contributed by atoms with E-state index < -0.39 is 0 Å². The molecule has 0 saturated heterocycles. The number of hydrogen-bond acceptors (Lipinski definition) is 2. The van der Waals surface area contributed by atoms with E-state index in [2.05, 4.69) is 211 Å². The Balaban J connectivity index is 1.39. The van der Waals surface area contributed by atoms with Crippen LogP contribution in [0.4, 0.5) is 17.1 Å². The van der Waals surface area contributed by atoms with Gasteiger partial charge < -0.3 is 9.47 Å². The van der Waals surface area contributed by atoms with E-state index in [1.54, 1.807) is 0 Å². The fourth-order valence-corrected chi connectivity index (χ4v) is 13.6. The van der Waals surface area contributed by atoms with Crippen LogP contribution in [0.1, 0.15) is 179 Å². The molecule has 2 aliphatic heterocycles. The van der Waals surface area contributed by atoms with Crippen molar-refractivity contribution < 1.29 is 0 Å². The van der Waals surface area contributed by atoms with Gasteiger partial charge >= 0.3 is 0 Å². The molecular weight excluding hydrogens is 805 g/mol. The summed E-state index contributed by atoms with van der Waals surface area (Å²) < 4.78 is 2.70. The van der Waals surface area contributed by atoms with Crippen molar-refractivity contribution in [1.29, 1.82) is 0 Å². The summed E-state index contributed by atoms with van der Waals surface area (Å²) in [7, 11) is 0. The number of aromatic nitrogens is 1. The van der Waals surface area contributed by atoms with Gasteiger partial charge in [-0.25, -0.2) is 0 Å². The maximum Gasteiger partial charge on any atom is 0.0598 e. The highest BCUT2D eigenvalue weighted by Crippen LogP contribution is 2.59. The first kappa shape index (κ1) is 42.9. The highest BCUT2D eigenvalue weighted by molar-refractivity contribution is 7.80. The number of nitrogens with zero attached hydrogens (tertiary/aromatic N) is 2. The average Bonchev–Trinajstić information content (AvgIpc) is 3.73. The molecule has 6 aromatic carbocycles. The monoisotopic (exact) mass is 875 g/mol. The molecule has 0 radical (unpaired) electrons. The Hall–Kier alpha value is -4.73. The van der Waals surface area contributed by atoms with Crippen molar-refractivity contribution in [2.45, 2.75) is 173 Å². The molecule has 0 N–H and O–H groups in total. The van der Waals surface area contributed by atoms with Gasteiger partial charge in [0.15, 0.2) is 0 Å². The zero-order valence-electron chi connectivity index (χ0n) is 42.1. The van der Waals surface area contributed by atoms with Gasteiger partial charge in [0.1, 0.15) is 0 Å². The van der Waals surface area contributed by atoms with Gasteiger partial charge in [0, 0.05) is 37.7 Å². The molecule has 2 nitrogen and oxygen atoms in total. The van der Waals surface area contributed by atoms with Crippen LogP contribution in [0.3, 0.4) is 0 Å². The van der Waals surface area contributed by atoms with E-state index in [1.807, 2.05) is 0 Å². The van der Waals surface area contributed by atoms with E-state index in [1.165, 1.54) is 112 Å². The van der Waals surface area contributed by atoms with Gasteiger partial charge in [-0.1, -0.05) is 146 Å². The van der Waals surface area contributed by atoms with Gasteiger partial charge in [0.2, 0.25) is 0 Å². The molecular formula is C62H70N2S. The molecule has 0 fully saturated rings. The largest absolute Gasteiger partial charge is 0.309 e. The molecule has 5 aliphatic rings. The van der Waals surface area contributed by atoms with Crippen LogP contribution < -0.4 is 4.90 Å². The number of anilines is 3. The summed E-state index contributed by atoms with van der Waals surface area (Å²) in [6, 6.07) is 37.0. The lowest BCUT2D eigenvalue weighted by atomic mass is 9.63. The van der Waals surface area contributed by atoms with E-state index in [-0.39, 0.29) is 37.9 Å². The van der Waals surface area contributed by atoms with Crippen molar-refractivity contribution in [2.75, 3.05) is 4.90 Å². The highest BCUT2D eigenvalue weighted by Gasteiger charge is 2.45. The molecule has 12 rings (SSSR count). The third kappa shape index (κ3) is 5.85. The number of hydrogen-bond donors (Lipinski definition) is 1. The Bertz CT molecular complexity index is 3240. The summed E-state index contributed by atoms with van der Waals surface area (Å²) in [6.07, 6.45) is 3.47. The maximum atomic E-state index is 5.42. The second kappa shape index (κ2) is 13.0. The fourth-order valence-electron chi connectivity index (χ4n) is 13.4. The van der Waals surface area contributed by atoms with Crippen LogP contribution >= 0.6 is 12.6 Å². The second-order valence-electron chi connectivity index (χ2n) is 25.5. The number of benzene rings is 6. The standard InChI is InChI=1S/C62H70N2S/c1-35-26-43-46(60(11,12)34-59(43,9)10)32-48(35)64-49-33-45-44(57(5,6)24-25-58(45,7)8)31-40(49)55-51-29-38(30-52(55)64)61(13,14)37-20-22-39-42(27-37)62(15,16)41-18-17-19-47(54(39)41)63(51)50-28-36(56(2,3)4)21-23-53(50)65/h17-23,26-33,65H,24-25,34H2,1-16H3. The lowest BCUT2D eigenvalue weighted by molar-refractivity contribution is 0.332. The molecule has 7 aromatic rings. The minimum Gasteiger partial charge on any atom is -0.309 e. The summed E-state index contributed by atoms with van der Waals surface area (Å²) in [5.41, 5.74) is 23.8. The van der Waals surface area contributed by atoms with Gasteiger partial charge in [-0.05, 0) is 163 Å². The fraction of sp³-hybridized carbons (Fsp3) is 0.419. The topological polar surface area (TPSA) is 8.17 Å². The molecule has 3 heteroatoms. The lowest BCUT2D eigenvalue weighted by Gasteiger charge is -2.42. The Morgan fingerprint density at radius 2 is 1.15 bits per heavy atom. The van der Waals surface area contributed by atoms with Crippen LogP contribution in [0.15, 0.2) is 95.9 Å². The van der Waals surface area contributed by atoms with E-state index in [0.717, 1.165) is 23.4 Å². The third-order valence-corrected chi connectivity index (χ3v) is 17.8. The Kier molecular flexibility index (Phi) is 8.60. The molecule has 0 saturated carbocycles. The third-order valence-electron chi connectivity index (χ3n) is 17.4. The van der Waals surface area contributed by atoms with Gasteiger partial charge in [-0.3, -0.25) is 0 Å². The molecule has 0 atom stereocenters. The molecule has 1 aromatic heterocycles. The Morgan fingerprint density at radius 3 is 1.83 bits per heavy atom. The molecule has 65 heavy (non-hydrogen) atoms. The molecule has 0 unspecified atom stereocenters. The molecule has 3 heterocycles. The quantitative estimate of drug-likeness (QED) is 0.170. The number of aryl methyl sites for hydroxylation is 1. The predicted octanol–water partition coefficient (Wildman–Crippen LogP) is 17.4. The van der Waals surface area contributed by atoms with Crippen molar-refractivity contribution in [3.63, 3.8) is 0 Å². The lowest BCUT2D eigenvalue weighted by Crippen LogP contribution is -2.33. The first-order valence-electron chi connectivity index (χ1n) is 24.4. The van der Waals surface area contributed by atoms with Gasteiger partial charge in [-0.2, -0.15) is 0 Å². The SMILES string of the molecule is Cc1cc2c(cc1-n1c3cc4c(cc3c3c5cc(cc31)C(C)(C)c1ccc3c(c1)C(C)(C)c1cccc(c1-3)N5c1cc(C(C)(C)C)ccc1S)C(C)(C)CCC4(C)C)C(C)(C)CC2(C)C. The zero-order valence-corrected chi connectivity index (χ0v) is 43.0. The van der Waals surface area contributed by atoms with E-state index in [9.17, 15) is 0 Å². The van der Waals surface area contributed by atoms with Crippen molar-refractivity contribution in [3.05, 3.63) is 147 Å². The Morgan fingerprint density at radius 1 is 0.508 bits per heavy atom. The number of fused-ring (bicyclic) bond motifs is 6. The first-order valence-corrected chi connectivity index (χ1v) is 24.9. The number of rotatable bonds is 2. The minimum absolute atomic E-state index is 0.0401. The molecule has 6 bridgehead atoms. The highest BCUT2D eigenvalue weighted by atomic mass is 32.1. The van der Waals surface area contributed by atoms with Crippen LogP contribution in [-0.2, 0) is 37.9 Å². The molecule has 0 spiro atoms. The maximum absolute atomic E-state index is 5.42. The minimum atomic E-state index is -0.322.